The van der Waals surface area contributed by atoms with Crippen LogP contribution in [0.25, 0.3) is 0 Å². The minimum absolute atomic E-state index is 0.149. The van der Waals surface area contributed by atoms with E-state index < -0.39 is 0 Å². The lowest BCUT2D eigenvalue weighted by Gasteiger charge is -2.20. The minimum Gasteiger partial charge on any atom is -0.484 e. The molecule has 0 aromatic heterocycles. The quantitative estimate of drug-likeness (QED) is 0.586. The summed E-state index contributed by atoms with van der Waals surface area (Å²) in [4.78, 5) is 14.0. The molecule has 0 bridgehead atoms. The number of hydrogen-bond donors (Lipinski definition) is 1. The summed E-state index contributed by atoms with van der Waals surface area (Å²) in [7, 11) is 0. The van der Waals surface area contributed by atoms with Crippen molar-refractivity contribution >= 4 is 17.8 Å². The number of nitrogens with zero attached hydrogens (tertiary/aromatic N) is 3. The van der Waals surface area contributed by atoms with Crippen molar-refractivity contribution in [1.29, 1.82) is 5.26 Å². The molecule has 1 amide bonds. The number of hydrogen-bond acceptors (Lipinski definition) is 5. The van der Waals surface area contributed by atoms with Crippen molar-refractivity contribution in [2.24, 2.45) is 5.10 Å². The van der Waals surface area contributed by atoms with Gasteiger partial charge in [-0.1, -0.05) is 12.1 Å². The Morgan fingerprint density at radius 2 is 1.81 bits per heavy atom. The zero-order valence-corrected chi connectivity index (χ0v) is 15.0. The average molecular weight is 350 g/mol. The number of anilines is 1. The van der Waals surface area contributed by atoms with E-state index >= 15 is 0 Å². The van der Waals surface area contributed by atoms with Gasteiger partial charge in [-0.25, -0.2) is 5.43 Å². The van der Waals surface area contributed by atoms with Gasteiger partial charge >= 0.3 is 0 Å². The second-order valence-corrected chi connectivity index (χ2v) is 5.48. The van der Waals surface area contributed by atoms with Crippen LogP contribution < -0.4 is 15.1 Å². The SMILES string of the molecule is CCN(CC)c1ccc(C=NNC(=O)COc2ccc(C#N)cc2)cc1. The Hall–Kier alpha value is -3.33. The lowest BCUT2D eigenvalue weighted by Crippen LogP contribution is -2.24. The fraction of sp³-hybridized carbons (Fsp3) is 0.250. The summed E-state index contributed by atoms with van der Waals surface area (Å²) in [5, 5.41) is 12.7. The van der Waals surface area contributed by atoms with Crippen LogP contribution in [-0.2, 0) is 4.79 Å². The molecule has 2 aromatic rings. The summed E-state index contributed by atoms with van der Waals surface area (Å²) < 4.78 is 5.34. The molecule has 26 heavy (non-hydrogen) atoms. The van der Waals surface area contributed by atoms with Gasteiger partial charge in [-0.2, -0.15) is 10.4 Å². The maximum atomic E-state index is 11.7. The van der Waals surface area contributed by atoms with Crippen LogP contribution in [0.1, 0.15) is 25.0 Å². The van der Waals surface area contributed by atoms with Crippen molar-refractivity contribution in [2.45, 2.75) is 13.8 Å². The predicted octanol–water partition coefficient (Wildman–Crippen LogP) is 2.93. The highest BCUT2D eigenvalue weighted by Crippen LogP contribution is 2.14. The van der Waals surface area contributed by atoms with Gasteiger partial charge in [0.25, 0.3) is 5.91 Å². The van der Waals surface area contributed by atoms with E-state index in [1.54, 1.807) is 30.5 Å². The fourth-order valence-electron chi connectivity index (χ4n) is 2.35. The number of amides is 1. The smallest absolute Gasteiger partial charge is 0.277 e. The Morgan fingerprint density at radius 1 is 1.15 bits per heavy atom. The summed E-state index contributed by atoms with van der Waals surface area (Å²) in [6, 6.07) is 16.6. The van der Waals surface area contributed by atoms with Gasteiger partial charge in [0.05, 0.1) is 17.8 Å². The Bertz CT molecular complexity index is 773. The van der Waals surface area contributed by atoms with Crippen molar-refractivity contribution in [1.82, 2.24) is 5.43 Å². The van der Waals surface area contributed by atoms with E-state index in [9.17, 15) is 4.79 Å². The molecule has 0 fully saturated rings. The third kappa shape index (κ3) is 5.64. The van der Waals surface area contributed by atoms with Gasteiger partial charge in [-0.3, -0.25) is 4.79 Å². The first-order chi connectivity index (χ1) is 12.7. The van der Waals surface area contributed by atoms with Crippen LogP contribution in [0.15, 0.2) is 53.6 Å². The number of ether oxygens (including phenoxy) is 1. The lowest BCUT2D eigenvalue weighted by molar-refractivity contribution is -0.123. The first-order valence-electron chi connectivity index (χ1n) is 8.46. The molecule has 0 aliphatic carbocycles. The molecule has 6 nitrogen and oxygen atoms in total. The van der Waals surface area contributed by atoms with Crippen molar-refractivity contribution in [3.63, 3.8) is 0 Å². The molecule has 0 heterocycles. The van der Waals surface area contributed by atoms with Crippen molar-refractivity contribution < 1.29 is 9.53 Å². The van der Waals surface area contributed by atoms with Gasteiger partial charge in [-0.05, 0) is 55.8 Å². The fourth-order valence-corrected chi connectivity index (χ4v) is 2.35. The van der Waals surface area contributed by atoms with Crippen LogP contribution >= 0.6 is 0 Å². The zero-order valence-electron chi connectivity index (χ0n) is 15.0. The molecule has 0 aliphatic heterocycles. The molecule has 0 aliphatic rings. The Balaban J connectivity index is 1.80. The molecule has 2 rings (SSSR count). The van der Waals surface area contributed by atoms with E-state index in [-0.39, 0.29) is 12.5 Å². The molecule has 0 saturated carbocycles. The van der Waals surface area contributed by atoms with E-state index in [0.29, 0.717) is 11.3 Å². The van der Waals surface area contributed by atoms with E-state index in [0.717, 1.165) is 24.3 Å². The number of benzene rings is 2. The van der Waals surface area contributed by atoms with Crippen LogP contribution in [0.4, 0.5) is 5.69 Å². The third-order valence-electron chi connectivity index (χ3n) is 3.78. The van der Waals surface area contributed by atoms with Crippen LogP contribution in [0, 0.1) is 11.3 Å². The first kappa shape index (κ1) is 19.0. The van der Waals surface area contributed by atoms with Gasteiger partial charge in [0.1, 0.15) is 5.75 Å². The van der Waals surface area contributed by atoms with Crippen LogP contribution in [-0.4, -0.2) is 31.8 Å². The standard InChI is InChI=1S/C20H22N4O2/c1-3-24(4-2)18-9-5-17(6-10-18)14-22-23-20(25)15-26-19-11-7-16(13-21)8-12-19/h5-12,14H,3-4,15H2,1-2H3,(H,23,25). The normalized spacial score (nSPS) is 10.3. The maximum Gasteiger partial charge on any atom is 0.277 e. The molecule has 0 atom stereocenters. The predicted molar refractivity (Wildman–Crippen MR) is 102 cm³/mol. The molecule has 134 valence electrons. The number of nitriles is 1. The lowest BCUT2D eigenvalue weighted by atomic mass is 10.2. The highest BCUT2D eigenvalue weighted by molar-refractivity contribution is 5.83. The van der Waals surface area contributed by atoms with Crippen molar-refractivity contribution in [2.75, 3.05) is 24.6 Å². The molecular weight excluding hydrogens is 328 g/mol. The van der Waals surface area contributed by atoms with Gasteiger partial charge in [0, 0.05) is 18.8 Å². The maximum absolute atomic E-state index is 11.7. The van der Waals surface area contributed by atoms with E-state index in [1.807, 2.05) is 30.3 Å². The monoisotopic (exact) mass is 350 g/mol. The van der Waals surface area contributed by atoms with Crippen molar-refractivity contribution in [3.8, 4) is 11.8 Å². The molecular formula is C20H22N4O2. The summed E-state index contributed by atoms with van der Waals surface area (Å²) in [5.41, 5.74) is 5.02. The summed E-state index contributed by atoms with van der Waals surface area (Å²) in [5.74, 6) is 0.167. The average Bonchev–Trinajstić information content (AvgIpc) is 2.69. The first-order valence-corrected chi connectivity index (χ1v) is 8.46. The van der Waals surface area contributed by atoms with Gasteiger partial charge in [-0.15, -0.1) is 0 Å². The second-order valence-electron chi connectivity index (χ2n) is 5.48. The minimum atomic E-state index is -0.356. The van der Waals surface area contributed by atoms with Gasteiger partial charge in [0.15, 0.2) is 6.61 Å². The summed E-state index contributed by atoms with van der Waals surface area (Å²) >= 11 is 0. The molecule has 2 aromatic carbocycles. The molecule has 1 N–H and O–H groups in total. The number of carbonyl (C=O) groups is 1. The molecule has 0 spiro atoms. The van der Waals surface area contributed by atoms with Gasteiger partial charge in [0.2, 0.25) is 0 Å². The number of nitrogens with one attached hydrogen (secondary N) is 1. The Morgan fingerprint density at radius 3 is 2.38 bits per heavy atom. The largest absolute Gasteiger partial charge is 0.484 e. The van der Waals surface area contributed by atoms with Crippen LogP contribution in [0.2, 0.25) is 0 Å². The van der Waals surface area contributed by atoms with E-state index in [2.05, 4.69) is 29.3 Å². The molecule has 0 radical (unpaired) electrons. The highest BCUT2D eigenvalue weighted by Gasteiger charge is 2.02. The second kappa shape index (κ2) is 9.84. The van der Waals surface area contributed by atoms with E-state index in [4.69, 9.17) is 10.00 Å². The van der Waals surface area contributed by atoms with Crippen LogP contribution in [0.5, 0.6) is 5.75 Å². The summed E-state index contributed by atoms with van der Waals surface area (Å²) in [6.07, 6.45) is 1.59. The van der Waals surface area contributed by atoms with Crippen molar-refractivity contribution in [3.05, 3.63) is 59.7 Å². The number of carbonyl (C=O) groups excluding carboxylic acids is 1. The van der Waals surface area contributed by atoms with Crippen LogP contribution in [0.3, 0.4) is 0 Å². The van der Waals surface area contributed by atoms with Gasteiger partial charge < -0.3 is 9.64 Å². The Labute approximate surface area is 153 Å². The number of hydrazone groups is 1. The zero-order chi connectivity index (χ0) is 18.8. The topological polar surface area (TPSA) is 77.7 Å². The molecule has 0 saturated heterocycles. The van der Waals surface area contributed by atoms with E-state index in [1.165, 1.54) is 0 Å². The number of rotatable bonds is 8. The molecule has 6 heteroatoms. The molecule has 0 unspecified atom stereocenters. The summed E-state index contributed by atoms with van der Waals surface area (Å²) in [6.45, 7) is 6.01. The highest BCUT2D eigenvalue weighted by atomic mass is 16.5. The third-order valence-corrected chi connectivity index (χ3v) is 3.78. The Kier molecular flexibility index (Phi) is 7.19.